The Balaban J connectivity index is 1.87. The molecule has 0 aliphatic heterocycles. The van der Waals surface area contributed by atoms with Gasteiger partial charge < -0.3 is 14.8 Å². The Hall–Kier alpha value is -1.03. The van der Waals surface area contributed by atoms with Crippen molar-refractivity contribution >= 4 is 5.95 Å². The van der Waals surface area contributed by atoms with Crippen LogP contribution in [0.25, 0.3) is 0 Å². The summed E-state index contributed by atoms with van der Waals surface area (Å²) < 4.78 is 2.17. The highest BCUT2D eigenvalue weighted by atomic mass is 15.3. The zero-order valence-electron chi connectivity index (χ0n) is 13.5. The normalized spacial score (nSPS) is 18.8. The quantitative estimate of drug-likeness (QED) is 0.841. The fraction of sp³-hybridized carbons (Fsp3) is 0.812. The first-order chi connectivity index (χ1) is 9.59. The molecular formula is C16H30N4. The number of nitrogens with zero attached hydrogens (tertiary/aromatic N) is 3. The summed E-state index contributed by atoms with van der Waals surface area (Å²) in [4.78, 5) is 6.52. The lowest BCUT2D eigenvalue weighted by Gasteiger charge is -2.24. The summed E-state index contributed by atoms with van der Waals surface area (Å²) in [5.74, 6) is 1.86. The molecule has 20 heavy (non-hydrogen) atoms. The van der Waals surface area contributed by atoms with Crippen molar-refractivity contribution in [2.75, 3.05) is 19.0 Å². The second-order valence-corrected chi connectivity index (χ2v) is 6.42. The first-order valence-electron chi connectivity index (χ1n) is 8.01. The Morgan fingerprint density at radius 2 is 1.95 bits per heavy atom. The molecule has 1 aliphatic rings. The lowest BCUT2D eigenvalue weighted by molar-refractivity contribution is 0.334. The van der Waals surface area contributed by atoms with E-state index in [1.54, 1.807) is 0 Å². The minimum atomic E-state index is 0.603. The first kappa shape index (κ1) is 15.4. The number of nitrogens with one attached hydrogen (secondary N) is 1. The summed E-state index contributed by atoms with van der Waals surface area (Å²) in [5, 5.41) is 3.71. The van der Waals surface area contributed by atoms with Gasteiger partial charge in [0.05, 0.1) is 11.9 Å². The summed E-state index contributed by atoms with van der Waals surface area (Å²) in [6.07, 6.45) is 10.4. The molecule has 4 nitrogen and oxygen atoms in total. The zero-order chi connectivity index (χ0) is 14.5. The Morgan fingerprint density at radius 3 is 2.50 bits per heavy atom. The van der Waals surface area contributed by atoms with Gasteiger partial charge in [0.25, 0.3) is 0 Å². The number of hydrogen-bond acceptors (Lipinski definition) is 3. The van der Waals surface area contributed by atoms with E-state index < -0.39 is 0 Å². The van der Waals surface area contributed by atoms with E-state index in [2.05, 4.69) is 33.7 Å². The van der Waals surface area contributed by atoms with Crippen LogP contribution in [0.4, 0.5) is 5.95 Å². The monoisotopic (exact) mass is 278 g/mol. The van der Waals surface area contributed by atoms with Crippen molar-refractivity contribution < 1.29 is 0 Å². The van der Waals surface area contributed by atoms with Crippen LogP contribution in [0.5, 0.6) is 0 Å². The van der Waals surface area contributed by atoms with Crippen LogP contribution in [0.1, 0.15) is 51.1 Å². The van der Waals surface area contributed by atoms with Gasteiger partial charge in [0.15, 0.2) is 0 Å². The van der Waals surface area contributed by atoms with E-state index in [0.29, 0.717) is 6.04 Å². The third-order valence-corrected chi connectivity index (χ3v) is 4.67. The van der Waals surface area contributed by atoms with Crippen LogP contribution in [0, 0.1) is 5.92 Å². The van der Waals surface area contributed by atoms with Gasteiger partial charge in [-0.2, -0.15) is 0 Å². The van der Waals surface area contributed by atoms with Crippen molar-refractivity contribution in [2.24, 2.45) is 13.0 Å². The maximum Gasteiger partial charge on any atom is 0.204 e. The maximum atomic E-state index is 4.47. The predicted octanol–water partition coefficient (Wildman–Crippen LogP) is 2.93. The van der Waals surface area contributed by atoms with Gasteiger partial charge in [-0.1, -0.05) is 25.7 Å². The number of imidazole rings is 1. The van der Waals surface area contributed by atoms with Crippen LogP contribution in [0.2, 0.25) is 0 Å². The fourth-order valence-corrected chi connectivity index (χ4v) is 3.26. The van der Waals surface area contributed by atoms with Crippen molar-refractivity contribution in [3.05, 3.63) is 11.9 Å². The molecular weight excluding hydrogens is 248 g/mol. The molecule has 114 valence electrons. The summed E-state index contributed by atoms with van der Waals surface area (Å²) in [7, 11) is 6.16. The van der Waals surface area contributed by atoms with E-state index in [1.165, 1.54) is 44.2 Å². The van der Waals surface area contributed by atoms with Gasteiger partial charge in [0.2, 0.25) is 5.95 Å². The predicted molar refractivity (Wildman–Crippen MR) is 85.0 cm³/mol. The van der Waals surface area contributed by atoms with E-state index in [-0.39, 0.29) is 0 Å². The molecule has 0 radical (unpaired) electrons. The zero-order valence-corrected chi connectivity index (χ0v) is 13.5. The van der Waals surface area contributed by atoms with Crippen molar-refractivity contribution in [2.45, 2.75) is 58.0 Å². The summed E-state index contributed by atoms with van der Waals surface area (Å²) in [6.45, 7) is 3.26. The van der Waals surface area contributed by atoms with E-state index in [4.69, 9.17) is 0 Å². The highest BCUT2D eigenvalue weighted by Gasteiger charge is 2.19. The molecule has 1 aliphatic carbocycles. The van der Waals surface area contributed by atoms with E-state index in [1.807, 2.05) is 20.3 Å². The minimum Gasteiger partial charge on any atom is -0.348 e. The van der Waals surface area contributed by atoms with Gasteiger partial charge in [-0.15, -0.1) is 0 Å². The number of aromatic nitrogens is 2. The van der Waals surface area contributed by atoms with Crippen molar-refractivity contribution in [1.29, 1.82) is 0 Å². The molecule has 1 aromatic rings. The van der Waals surface area contributed by atoms with E-state index in [0.717, 1.165) is 18.4 Å². The third-order valence-electron chi connectivity index (χ3n) is 4.67. The first-order valence-corrected chi connectivity index (χ1v) is 8.01. The molecule has 1 N–H and O–H groups in total. The molecule has 0 spiro atoms. The fourth-order valence-electron chi connectivity index (χ4n) is 3.26. The van der Waals surface area contributed by atoms with Crippen LogP contribution >= 0.6 is 0 Å². The van der Waals surface area contributed by atoms with Gasteiger partial charge in [0.1, 0.15) is 0 Å². The summed E-state index contributed by atoms with van der Waals surface area (Å²) in [5.41, 5.74) is 1.26. The second-order valence-electron chi connectivity index (χ2n) is 6.42. The van der Waals surface area contributed by atoms with Gasteiger partial charge in [0, 0.05) is 33.7 Å². The van der Waals surface area contributed by atoms with Crippen molar-refractivity contribution in [3.8, 4) is 0 Å². The van der Waals surface area contributed by atoms with Crippen LogP contribution < -0.4 is 10.2 Å². The third kappa shape index (κ3) is 3.75. The van der Waals surface area contributed by atoms with Crippen molar-refractivity contribution in [3.63, 3.8) is 0 Å². The molecule has 0 amide bonds. The summed E-state index contributed by atoms with van der Waals surface area (Å²) >= 11 is 0. The Kier molecular flexibility index (Phi) is 5.46. The Bertz CT molecular complexity index is 403. The lowest BCUT2D eigenvalue weighted by Crippen LogP contribution is -2.33. The van der Waals surface area contributed by atoms with Crippen molar-refractivity contribution in [1.82, 2.24) is 14.9 Å². The van der Waals surface area contributed by atoms with E-state index in [9.17, 15) is 0 Å². The molecule has 1 saturated carbocycles. The molecule has 1 heterocycles. The number of hydrogen-bond donors (Lipinski definition) is 1. The molecule has 1 atom stereocenters. The minimum absolute atomic E-state index is 0.603. The largest absolute Gasteiger partial charge is 0.348 e. The van der Waals surface area contributed by atoms with Gasteiger partial charge in [-0.05, 0) is 25.7 Å². The lowest BCUT2D eigenvalue weighted by atomic mass is 9.93. The topological polar surface area (TPSA) is 33.1 Å². The smallest absolute Gasteiger partial charge is 0.204 e. The summed E-state index contributed by atoms with van der Waals surface area (Å²) in [6, 6.07) is 0.603. The van der Waals surface area contributed by atoms with Crippen LogP contribution in [-0.4, -0.2) is 29.7 Å². The van der Waals surface area contributed by atoms with Crippen LogP contribution in [0.3, 0.4) is 0 Å². The number of rotatable bonds is 5. The average molecular weight is 278 g/mol. The highest BCUT2D eigenvalue weighted by Crippen LogP contribution is 2.25. The second kappa shape index (κ2) is 7.11. The Morgan fingerprint density at radius 1 is 1.30 bits per heavy atom. The molecule has 0 aromatic carbocycles. The maximum absolute atomic E-state index is 4.47. The average Bonchev–Trinajstić information content (AvgIpc) is 2.65. The van der Waals surface area contributed by atoms with Gasteiger partial charge in [-0.25, -0.2) is 4.98 Å². The molecule has 4 heteroatoms. The molecule has 1 fully saturated rings. The molecule has 0 unspecified atom stereocenters. The van der Waals surface area contributed by atoms with Crippen LogP contribution in [-0.2, 0) is 13.6 Å². The van der Waals surface area contributed by atoms with Crippen LogP contribution in [0.15, 0.2) is 6.20 Å². The molecule has 0 bridgehead atoms. The molecule has 1 aromatic heterocycles. The van der Waals surface area contributed by atoms with Gasteiger partial charge >= 0.3 is 0 Å². The Labute approximate surface area is 123 Å². The SMILES string of the molecule is C[C@H](NCc1cnc(N(C)C)n1C)C1CCCCCC1. The number of anilines is 1. The van der Waals surface area contributed by atoms with Gasteiger partial charge in [-0.3, -0.25) is 0 Å². The highest BCUT2D eigenvalue weighted by molar-refractivity contribution is 5.30. The van der Waals surface area contributed by atoms with E-state index >= 15 is 0 Å². The standard InChI is InChI=1S/C16H30N4/c1-13(14-9-7-5-6-8-10-14)17-11-15-12-18-16(19(2)3)20(15)4/h12-14,17H,5-11H2,1-4H3/t13-/m0/s1. The molecule has 2 rings (SSSR count). The molecule has 0 saturated heterocycles.